The van der Waals surface area contributed by atoms with Crippen molar-refractivity contribution in [1.82, 2.24) is 9.97 Å². The summed E-state index contributed by atoms with van der Waals surface area (Å²) in [5.74, 6) is -0.627. The predicted molar refractivity (Wildman–Crippen MR) is 147 cm³/mol. The summed E-state index contributed by atoms with van der Waals surface area (Å²) in [6.45, 7) is 5.97. The number of hydrogen-bond donors (Lipinski definition) is 1. The highest BCUT2D eigenvalue weighted by molar-refractivity contribution is 9.10. The van der Waals surface area contributed by atoms with E-state index in [4.69, 9.17) is 9.47 Å². The Kier molecular flexibility index (Phi) is 6.78. The maximum Gasteiger partial charge on any atom is 0.296 e. The second-order valence-electron chi connectivity index (χ2n) is 8.26. The zero-order chi connectivity index (χ0) is 26.4. The van der Waals surface area contributed by atoms with Gasteiger partial charge < -0.3 is 14.6 Å². The van der Waals surface area contributed by atoms with Crippen molar-refractivity contribution < 1.29 is 24.2 Å². The van der Waals surface area contributed by atoms with Crippen LogP contribution in [0.3, 0.4) is 0 Å². The number of carbonyl (C=O) groups excluding carboxylic acids is 2. The van der Waals surface area contributed by atoms with Crippen LogP contribution in [0.5, 0.6) is 11.5 Å². The number of amides is 1. The maximum absolute atomic E-state index is 13.9. The molecule has 0 bridgehead atoms. The molecule has 4 aromatic rings. The molecule has 1 amide bonds. The lowest BCUT2D eigenvalue weighted by Crippen LogP contribution is -2.31. The number of halogens is 1. The molecule has 5 rings (SSSR count). The van der Waals surface area contributed by atoms with Crippen molar-refractivity contribution in [2.75, 3.05) is 18.6 Å². The Balaban J connectivity index is 1.71. The summed E-state index contributed by atoms with van der Waals surface area (Å²) in [6, 6.07) is 9.85. The van der Waals surface area contributed by atoms with Crippen LogP contribution in [0.1, 0.15) is 38.9 Å². The third-order valence-corrected chi connectivity index (χ3v) is 8.50. The molecular weight excluding hydrogens is 578 g/mol. The average molecular weight is 601 g/mol. The molecule has 0 fully saturated rings. The Bertz CT molecular complexity index is 1590. The number of rotatable bonds is 7. The zero-order valence-corrected chi connectivity index (χ0v) is 23.6. The van der Waals surface area contributed by atoms with Gasteiger partial charge in [0.25, 0.3) is 5.91 Å². The highest BCUT2D eigenvalue weighted by Crippen LogP contribution is 2.47. The van der Waals surface area contributed by atoms with Gasteiger partial charge in [0.2, 0.25) is 5.78 Å². The molecule has 2 aromatic heterocycles. The van der Waals surface area contributed by atoms with Crippen molar-refractivity contribution in [1.29, 1.82) is 0 Å². The summed E-state index contributed by atoms with van der Waals surface area (Å²) < 4.78 is 12.8. The second-order valence-corrected chi connectivity index (χ2v) is 11.4. The predicted octanol–water partition coefficient (Wildman–Crippen LogP) is 6.32. The molecule has 0 saturated carbocycles. The number of fused-ring (bicyclic) bond motifs is 1. The smallest absolute Gasteiger partial charge is 0.296 e. The molecule has 2 aromatic carbocycles. The van der Waals surface area contributed by atoms with Crippen molar-refractivity contribution in [3.8, 4) is 11.5 Å². The van der Waals surface area contributed by atoms with E-state index in [9.17, 15) is 14.7 Å². The van der Waals surface area contributed by atoms with E-state index < -0.39 is 23.5 Å². The van der Waals surface area contributed by atoms with Crippen LogP contribution >= 0.6 is 38.6 Å². The minimum atomic E-state index is -0.971. The fourth-order valence-electron chi connectivity index (χ4n) is 4.36. The molecule has 0 spiro atoms. The second kappa shape index (κ2) is 9.88. The zero-order valence-electron chi connectivity index (χ0n) is 20.4. The molecule has 37 heavy (non-hydrogen) atoms. The monoisotopic (exact) mass is 599 g/mol. The number of thiazole rings is 2. The topological polar surface area (TPSA) is 102 Å². The average Bonchev–Trinajstić information content (AvgIpc) is 3.51. The number of nitrogens with zero attached hydrogens (tertiary/aromatic N) is 3. The summed E-state index contributed by atoms with van der Waals surface area (Å²) in [4.78, 5) is 38.2. The molecule has 1 atom stereocenters. The van der Waals surface area contributed by atoms with Crippen LogP contribution in [-0.4, -0.2) is 40.5 Å². The molecule has 0 radical (unpaired) electrons. The van der Waals surface area contributed by atoms with Gasteiger partial charge in [0, 0.05) is 10.0 Å². The number of hydrogen-bond acceptors (Lipinski definition) is 9. The number of methoxy groups -OCH3 is 1. The first-order valence-electron chi connectivity index (χ1n) is 11.4. The molecule has 11 heteroatoms. The van der Waals surface area contributed by atoms with Crippen molar-refractivity contribution in [3.63, 3.8) is 0 Å². The number of ether oxygens (including phenoxy) is 2. The number of Topliss-reactive ketones (excluding diaryl/α,β-unsaturated/α-hetero) is 1. The van der Waals surface area contributed by atoms with Gasteiger partial charge in [-0.05, 0) is 57.2 Å². The molecule has 1 N–H and O–H groups in total. The number of anilines is 1. The lowest BCUT2D eigenvalue weighted by atomic mass is 9.94. The Labute approximate surface area is 229 Å². The first-order valence-corrected chi connectivity index (χ1v) is 13.8. The van der Waals surface area contributed by atoms with Crippen molar-refractivity contribution in [2.45, 2.75) is 26.8 Å². The fraction of sp³-hybridized carbons (Fsp3) is 0.231. The molecule has 1 aliphatic heterocycles. The van der Waals surface area contributed by atoms with Gasteiger partial charge in [0.15, 0.2) is 10.9 Å². The largest absolute Gasteiger partial charge is 0.503 e. The van der Waals surface area contributed by atoms with Crippen LogP contribution in [0, 0.1) is 13.8 Å². The maximum atomic E-state index is 13.9. The first kappa shape index (κ1) is 25.4. The molecule has 0 saturated heterocycles. The highest BCUT2D eigenvalue weighted by atomic mass is 79.9. The fourth-order valence-corrected chi connectivity index (χ4v) is 6.64. The molecule has 190 valence electrons. The van der Waals surface area contributed by atoms with Crippen molar-refractivity contribution in [3.05, 3.63) is 73.3 Å². The van der Waals surface area contributed by atoms with E-state index in [-0.39, 0.29) is 5.57 Å². The standard InChI is InChI=1S/C26H22BrN3O5S2/c1-5-35-15-7-8-17-19(11-15)37-26(29-17)30-21(16-10-14(27)6-9-18(16)34-4)20(23(32)25(30)33)22(31)24-12(2)28-13(3)36-24/h6-11,21,32H,5H2,1-4H3. The SMILES string of the molecule is CCOc1ccc2nc(N3C(=O)C(O)=C(C(=O)c4sc(C)nc4C)C3c3cc(Br)ccc3OC)sc2c1. The van der Waals surface area contributed by atoms with E-state index in [0.717, 1.165) is 14.2 Å². The number of benzene rings is 2. The van der Waals surface area contributed by atoms with E-state index in [2.05, 4.69) is 25.9 Å². The third-order valence-electron chi connectivity index (χ3n) is 5.91. The molecular formula is C26H22BrN3O5S2. The van der Waals surface area contributed by atoms with E-state index in [1.807, 2.05) is 25.1 Å². The minimum Gasteiger partial charge on any atom is -0.503 e. The van der Waals surface area contributed by atoms with Gasteiger partial charge in [0.05, 0.1) is 45.1 Å². The van der Waals surface area contributed by atoms with Crippen LogP contribution in [0.15, 0.2) is 52.2 Å². The van der Waals surface area contributed by atoms with Crippen LogP contribution in [0.4, 0.5) is 5.13 Å². The number of carbonyl (C=O) groups is 2. The van der Waals surface area contributed by atoms with Crippen LogP contribution in [-0.2, 0) is 4.79 Å². The minimum absolute atomic E-state index is 0.0394. The number of aromatic nitrogens is 2. The number of aliphatic hydroxyl groups is 1. The first-order chi connectivity index (χ1) is 17.7. The van der Waals surface area contributed by atoms with Gasteiger partial charge in [0.1, 0.15) is 17.5 Å². The molecule has 0 aliphatic carbocycles. The molecule has 8 nitrogen and oxygen atoms in total. The Morgan fingerprint density at radius 3 is 2.62 bits per heavy atom. The van der Waals surface area contributed by atoms with Gasteiger partial charge in [-0.25, -0.2) is 9.97 Å². The summed E-state index contributed by atoms with van der Waals surface area (Å²) in [5, 5.41) is 12.2. The Morgan fingerprint density at radius 2 is 1.95 bits per heavy atom. The quantitative estimate of drug-likeness (QED) is 0.248. The number of ketones is 1. The highest BCUT2D eigenvalue weighted by Gasteiger charge is 2.47. The summed E-state index contributed by atoms with van der Waals surface area (Å²) in [7, 11) is 1.52. The molecule has 1 unspecified atom stereocenters. The van der Waals surface area contributed by atoms with E-state index in [0.29, 0.717) is 44.9 Å². The normalized spacial score (nSPS) is 15.6. The Hall–Kier alpha value is -3.28. The van der Waals surface area contributed by atoms with Gasteiger partial charge in [-0.2, -0.15) is 0 Å². The molecule has 3 heterocycles. The summed E-state index contributed by atoms with van der Waals surface area (Å²) in [6.07, 6.45) is 0. The third kappa shape index (κ3) is 4.41. The van der Waals surface area contributed by atoms with Crippen molar-refractivity contribution in [2.24, 2.45) is 0 Å². The summed E-state index contributed by atoms with van der Waals surface area (Å²) in [5.41, 5.74) is 1.71. The van der Waals surface area contributed by atoms with Crippen LogP contribution < -0.4 is 14.4 Å². The number of aryl methyl sites for hydroxylation is 2. The lowest BCUT2D eigenvalue weighted by molar-refractivity contribution is -0.117. The van der Waals surface area contributed by atoms with Gasteiger partial charge >= 0.3 is 0 Å². The summed E-state index contributed by atoms with van der Waals surface area (Å²) >= 11 is 5.99. The van der Waals surface area contributed by atoms with Crippen LogP contribution in [0.2, 0.25) is 0 Å². The lowest BCUT2D eigenvalue weighted by Gasteiger charge is -2.26. The van der Waals surface area contributed by atoms with Crippen molar-refractivity contribution >= 4 is 65.6 Å². The van der Waals surface area contributed by atoms with Gasteiger partial charge in [-0.1, -0.05) is 27.3 Å². The Morgan fingerprint density at radius 1 is 1.16 bits per heavy atom. The van der Waals surface area contributed by atoms with E-state index in [1.165, 1.54) is 34.7 Å². The van der Waals surface area contributed by atoms with Gasteiger partial charge in [-0.3, -0.25) is 14.5 Å². The van der Waals surface area contributed by atoms with E-state index >= 15 is 0 Å². The van der Waals surface area contributed by atoms with Gasteiger partial charge in [-0.15, -0.1) is 11.3 Å². The van der Waals surface area contributed by atoms with Crippen LogP contribution in [0.25, 0.3) is 10.2 Å². The van der Waals surface area contributed by atoms with E-state index in [1.54, 1.807) is 32.0 Å². The molecule has 1 aliphatic rings. The number of aliphatic hydroxyl groups excluding tert-OH is 1.